The van der Waals surface area contributed by atoms with Crippen LogP contribution in [0.4, 0.5) is 0 Å². The zero-order valence-electron chi connectivity index (χ0n) is 14.4. The van der Waals surface area contributed by atoms with E-state index in [4.69, 9.17) is 23.6 Å². The third-order valence-corrected chi connectivity index (χ3v) is 5.22. The monoisotopic (exact) mass is 356 g/mol. The summed E-state index contributed by atoms with van der Waals surface area (Å²) in [5.74, 6) is 3.32. The lowest BCUT2D eigenvalue weighted by Crippen LogP contribution is -2.35. The predicted molar refractivity (Wildman–Crippen MR) is 90.3 cm³/mol. The van der Waals surface area contributed by atoms with Gasteiger partial charge >= 0.3 is 0 Å². The molecule has 0 bridgehead atoms. The number of carbonyl (C=O) groups is 1. The zero-order chi connectivity index (χ0) is 17.5. The minimum Gasteiger partial charge on any atom is -0.454 e. The first-order valence-electron chi connectivity index (χ1n) is 9.03. The molecule has 1 fully saturated rings. The van der Waals surface area contributed by atoms with E-state index in [2.05, 4.69) is 0 Å². The van der Waals surface area contributed by atoms with Gasteiger partial charge in [-0.15, -0.1) is 0 Å². The topological polar surface area (TPSA) is 74.0 Å². The summed E-state index contributed by atoms with van der Waals surface area (Å²) < 4.78 is 22.1. The van der Waals surface area contributed by atoms with E-state index in [0.29, 0.717) is 42.5 Å². The van der Waals surface area contributed by atoms with Crippen LogP contribution in [0.1, 0.15) is 46.5 Å². The van der Waals surface area contributed by atoms with Crippen molar-refractivity contribution in [2.75, 3.05) is 26.6 Å². The Morgan fingerprint density at radius 2 is 2.00 bits per heavy atom. The second-order valence-electron chi connectivity index (χ2n) is 6.85. The number of hydrogen-bond donors (Lipinski definition) is 0. The Hall–Kier alpha value is -2.54. The maximum absolute atomic E-state index is 12.9. The summed E-state index contributed by atoms with van der Waals surface area (Å²) in [6, 6.07) is 5.31. The highest BCUT2D eigenvalue weighted by atomic mass is 16.7. The number of amides is 1. The minimum atomic E-state index is -0.0235. The van der Waals surface area contributed by atoms with Gasteiger partial charge in [-0.1, -0.05) is 0 Å². The first-order chi connectivity index (χ1) is 12.8. The van der Waals surface area contributed by atoms with Gasteiger partial charge in [0, 0.05) is 37.7 Å². The number of rotatable bonds is 2. The third-order valence-electron chi connectivity index (χ3n) is 5.22. The maximum Gasteiger partial charge on any atom is 0.254 e. The molecule has 136 valence electrons. The second kappa shape index (κ2) is 6.32. The van der Waals surface area contributed by atoms with Gasteiger partial charge in [-0.25, -0.2) is 4.98 Å². The van der Waals surface area contributed by atoms with Crippen molar-refractivity contribution in [1.29, 1.82) is 0 Å². The van der Waals surface area contributed by atoms with Crippen LogP contribution in [0.3, 0.4) is 0 Å². The molecule has 5 rings (SSSR count). The van der Waals surface area contributed by atoms with Crippen molar-refractivity contribution >= 4 is 5.91 Å². The first kappa shape index (κ1) is 15.7. The number of fused-ring (bicyclic) bond motifs is 2. The number of oxazole rings is 1. The van der Waals surface area contributed by atoms with Crippen molar-refractivity contribution in [3.63, 3.8) is 0 Å². The molecule has 0 radical (unpaired) electrons. The molecule has 0 unspecified atom stereocenters. The molecule has 0 saturated carbocycles. The second-order valence-corrected chi connectivity index (χ2v) is 6.85. The van der Waals surface area contributed by atoms with Gasteiger partial charge in [0.25, 0.3) is 5.91 Å². The van der Waals surface area contributed by atoms with Gasteiger partial charge in [0.2, 0.25) is 6.79 Å². The van der Waals surface area contributed by atoms with Crippen LogP contribution in [-0.2, 0) is 17.7 Å². The van der Waals surface area contributed by atoms with E-state index in [1.165, 1.54) is 0 Å². The summed E-state index contributed by atoms with van der Waals surface area (Å²) in [5, 5.41) is 0. The molecule has 2 aromatic rings. The predicted octanol–water partition coefficient (Wildman–Crippen LogP) is 2.50. The van der Waals surface area contributed by atoms with Crippen LogP contribution in [0, 0.1) is 0 Å². The standard InChI is InChI=1S/C19H20N2O5/c22-19(13-1-2-16-17(9-13)25-11-24-16)21-6-3-15-14(10-21)20-18(26-15)12-4-7-23-8-5-12/h1-2,9,12H,3-8,10-11H2. The molecule has 0 atom stereocenters. The van der Waals surface area contributed by atoms with E-state index in [0.717, 1.165) is 43.4 Å². The molecule has 0 N–H and O–H groups in total. The Morgan fingerprint density at radius 1 is 1.15 bits per heavy atom. The van der Waals surface area contributed by atoms with E-state index < -0.39 is 0 Å². The van der Waals surface area contributed by atoms with Crippen LogP contribution in [0.5, 0.6) is 11.5 Å². The van der Waals surface area contributed by atoms with Gasteiger partial charge in [0.1, 0.15) is 11.5 Å². The lowest BCUT2D eigenvalue weighted by atomic mass is 10.0. The number of hydrogen-bond acceptors (Lipinski definition) is 6. The number of nitrogens with zero attached hydrogens (tertiary/aromatic N) is 2. The molecule has 1 aromatic heterocycles. The molecule has 1 saturated heterocycles. The van der Waals surface area contributed by atoms with E-state index in [1.54, 1.807) is 18.2 Å². The fraction of sp³-hybridized carbons (Fsp3) is 0.474. The summed E-state index contributed by atoms with van der Waals surface area (Å²) in [6.45, 7) is 2.82. The van der Waals surface area contributed by atoms with Crippen LogP contribution in [-0.4, -0.2) is 42.3 Å². The Balaban J connectivity index is 1.33. The molecular formula is C19H20N2O5. The van der Waals surface area contributed by atoms with Crippen LogP contribution < -0.4 is 9.47 Å². The first-order valence-corrected chi connectivity index (χ1v) is 9.03. The molecule has 0 aliphatic carbocycles. The summed E-state index contributed by atoms with van der Waals surface area (Å²) >= 11 is 0. The van der Waals surface area contributed by atoms with E-state index in [1.807, 2.05) is 4.90 Å². The van der Waals surface area contributed by atoms with Crippen molar-refractivity contribution in [2.24, 2.45) is 0 Å². The van der Waals surface area contributed by atoms with Crippen LogP contribution in [0.15, 0.2) is 22.6 Å². The highest BCUT2D eigenvalue weighted by Crippen LogP contribution is 2.34. The molecule has 7 heteroatoms. The van der Waals surface area contributed by atoms with Gasteiger partial charge in [0.05, 0.1) is 6.54 Å². The molecule has 4 heterocycles. The molecule has 7 nitrogen and oxygen atoms in total. The molecule has 3 aliphatic heterocycles. The summed E-state index contributed by atoms with van der Waals surface area (Å²) in [6.07, 6.45) is 2.58. The highest BCUT2D eigenvalue weighted by Gasteiger charge is 2.29. The molecule has 1 amide bonds. The van der Waals surface area contributed by atoms with Crippen LogP contribution >= 0.6 is 0 Å². The van der Waals surface area contributed by atoms with Gasteiger partial charge < -0.3 is 23.5 Å². The average molecular weight is 356 g/mol. The van der Waals surface area contributed by atoms with E-state index >= 15 is 0 Å². The number of carbonyl (C=O) groups excluding carboxylic acids is 1. The van der Waals surface area contributed by atoms with Gasteiger partial charge in [-0.05, 0) is 31.0 Å². The SMILES string of the molecule is O=C(c1ccc2c(c1)OCO2)N1CCc2oc(C3CCOCC3)nc2C1. The normalized spacial score (nSPS) is 19.5. The lowest BCUT2D eigenvalue weighted by Gasteiger charge is -2.25. The van der Waals surface area contributed by atoms with Crippen molar-refractivity contribution < 1.29 is 23.4 Å². The van der Waals surface area contributed by atoms with Gasteiger partial charge in [0.15, 0.2) is 17.4 Å². The quantitative estimate of drug-likeness (QED) is 0.823. The Kier molecular flexibility index (Phi) is 3.81. The fourth-order valence-electron chi connectivity index (χ4n) is 3.72. The molecule has 1 aromatic carbocycles. The molecule has 26 heavy (non-hydrogen) atoms. The summed E-state index contributed by atoms with van der Waals surface area (Å²) in [4.78, 5) is 19.4. The Bertz CT molecular complexity index is 840. The fourth-order valence-corrected chi connectivity index (χ4v) is 3.72. The van der Waals surface area contributed by atoms with Crippen molar-refractivity contribution in [1.82, 2.24) is 9.88 Å². The van der Waals surface area contributed by atoms with Crippen molar-refractivity contribution in [3.8, 4) is 11.5 Å². The smallest absolute Gasteiger partial charge is 0.254 e. The zero-order valence-corrected chi connectivity index (χ0v) is 14.4. The van der Waals surface area contributed by atoms with Crippen LogP contribution in [0.25, 0.3) is 0 Å². The third kappa shape index (κ3) is 2.72. The van der Waals surface area contributed by atoms with E-state index in [-0.39, 0.29) is 12.7 Å². The number of aromatic nitrogens is 1. The van der Waals surface area contributed by atoms with Gasteiger partial charge in [-0.3, -0.25) is 4.79 Å². The Labute approximate surface area is 150 Å². The largest absolute Gasteiger partial charge is 0.454 e. The van der Waals surface area contributed by atoms with Crippen LogP contribution in [0.2, 0.25) is 0 Å². The van der Waals surface area contributed by atoms with E-state index in [9.17, 15) is 4.79 Å². The summed E-state index contributed by atoms with van der Waals surface area (Å²) in [7, 11) is 0. The van der Waals surface area contributed by atoms with Crippen molar-refractivity contribution in [2.45, 2.75) is 31.7 Å². The van der Waals surface area contributed by atoms with Crippen molar-refractivity contribution in [3.05, 3.63) is 41.1 Å². The minimum absolute atomic E-state index is 0.0235. The molecular weight excluding hydrogens is 336 g/mol. The summed E-state index contributed by atoms with van der Waals surface area (Å²) in [5.41, 5.74) is 1.48. The Morgan fingerprint density at radius 3 is 2.88 bits per heavy atom. The van der Waals surface area contributed by atoms with Gasteiger partial charge in [-0.2, -0.15) is 0 Å². The number of ether oxygens (including phenoxy) is 3. The molecule has 0 spiro atoms. The highest BCUT2D eigenvalue weighted by molar-refractivity contribution is 5.95. The average Bonchev–Trinajstić information content (AvgIpc) is 3.33. The molecule has 3 aliphatic rings. The maximum atomic E-state index is 12.9. The number of benzene rings is 1. The lowest BCUT2D eigenvalue weighted by molar-refractivity contribution is 0.0725.